The molecule has 3 heteroatoms. The Labute approximate surface area is 55.9 Å². The van der Waals surface area contributed by atoms with Crippen LogP contribution >= 0.6 is 23.0 Å². The molecular formula is C4H3IO2. The van der Waals surface area contributed by atoms with Gasteiger partial charge in [0, 0.05) is 5.92 Å². The average molecular weight is 210 g/mol. The van der Waals surface area contributed by atoms with Crippen molar-refractivity contribution in [3.8, 4) is 11.8 Å². The van der Waals surface area contributed by atoms with Crippen molar-refractivity contribution in [3.63, 3.8) is 0 Å². The molecule has 0 saturated heterocycles. The molecule has 0 fully saturated rings. The molecule has 38 valence electrons. The van der Waals surface area contributed by atoms with Crippen molar-refractivity contribution in [2.45, 2.75) is 6.92 Å². The first-order valence-electron chi connectivity index (χ1n) is 1.56. The van der Waals surface area contributed by atoms with Crippen LogP contribution < -0.4 is 0 Å². The largest absolute Gasteiger partial charge is 0.393 e. The van der Waals surface area contributed by atoms with Gasteiger partial charge >= 0.3 is 5.97 Å². The third-order valence-electron chi connectivity index (χ3n) is 0.297. The first-order valence-corrected chi connectivity index (χ1v) is 2.44. The molecule has 0 atom stereocenters. The Morgan fingerprint density at radius 3 is 2.57 bits per heavy atom. The highest BCUT2D eigenvalue weighted by Gasteiger charge is 1.86. The topological polar surface area (TPSA) is 26.3 Å². The van der Waals surface area contributed by atoms with Crippen LogP contribution in [0.25, 0.3) is 0 Å². The summed E-state index contributed by atoms with van der Waals surface area (Å²) in [5, 5.41) is 0. The zero-order chi connectivity index (χ0) is 5.70. The van der Waals surface area contributed by atoms with E-state index in [1.807, 2.05) is 0 Å². The molecule has 0 aliphatic heterocycles. The second-order valence-corrected chi connectivity index (χ2v) is 1.18. The van der Waals surface area contributed by atoms with Crippen LogP contribution in [0.1, 0.15) is 6.92 Å². The van der Waals surface area contributed by atoms with Gasteiger partial charge in [0.1, 0.15) is 0 Å². The monoisotopic (exact) mass is 210 g/mol. The van der Waals surface area contributed by atoms with E-state index in [0.717, 1.165) is 0 Å². The highest BCUT2D eigenvalue weighted by atomic mass is 127. The number of hydrogen-bond donors (Lipinski definition) is 0. The predicted molar refractivity (Wildman–Crippen MR) is 33.6 cm³/mol. The Bertz CT molecular complexity index is 119. The number of rotatable bonds is 0. The van der Waals surface area contributed by atoms with Gasteiger partial charge in [0.05, 0.1) is 0 Å². The molecule has 0 rings (SSSR count). The first kappa shape index (κ1) is 6.76. The van der Waals surface area contributed by atoms with Crippen molar-refractivity contribution < 1.29 is 7.86 Å². The molecule has 0 unspecified atom stereocenters. The van der Waals surface area contributed by atoms with Gasteiger partial charge in [-0.2, -0.15) is 0 Å². The Morgan fingerprint density at radius 2 is 2.43 bits per heavy atom. The van der Waals surface area contributed by atoms with E-state index in [2.05, 4.69) is 14.9 Å². The van der Waals surface area contributed by atoms with Crippen LogP contribution in [-0.2, 0) is 7.86 Å². The van der Waals surface area contributed by atoms with Crippen LogP contribution in [0.3, 0.4) is 0 Å². The van der Waals surface area contributed by atoms with Crippen LogP contribution in [0.5, 0.6) is 0 Å². The van der Waals surface area contributed by atoms with Gasteiger partial charge in [-0.05, 0) is 6.92 Å². The lowest BCUT2D eigenvalue weighted by molar-refractivity contribution is -0.125. The Morgan fingerprint density at radius 1 is 1.86 bits per heavy atom. The van der Waals surface area contributed by atoms with E-state index in [0.29, 0.717) is 0 Å². The molecule has 0 aromatic heterocycles. The van der Waals surface area contributed by atoms with Gasteiger partial charge in [0.2, 0.25) is 0 Å². The van der Waals surface area contributed by atoms with Crippen LogP contribution in [0.2, 0.25) is 0 Å². The van der Waals surface area contributed by atoms with Gasteiger partial charge in [0.25, 0.3) is 0 Å². The summed E-state index contributed by atoms with van der Waals surface area (Å²) in [5.41, 5.74) is 0. The molecule has 0 aliphatic carbocycles. The Hall–Kier alpha value is -0.240. The Kier molecular flexibility index (Phi) is 3.80. The van der Waals surface area contributed by atoms with Crippen molar-refractivity contribution in [1.29, 1.82) is 0 Å². The van der Waals surface area contributed by atoms with Crippen molar-refractivity contribution >= 4 is 29.0 Å². The molecule has 0 aliphatic rings. The van der Waals surface area contributed by atoms with Crippen molar-refractivity contribution in [2.24, 2.45) is 0 Å². The van der Waals surface area contributed by atoms with Gasteiger partial charge in [0.15, 0.2) is 23.0 Å². The molecule has 0 aromatic rings. The summed E-state index contributed by atoms with van der Waals surface area (Å²) in [5.74, 6) is 4.07. The van der Waals surface area contributed by atoms with Crippen LogP contribution in [0.4, 0.5) is 0 Å². The molecule has 0 bridgehead atoms. The quantitative estimate of drug-likeness (QED) is 0.438. The summed E-state index contributed by atoms with van der Waals surface area (Å²) >= 11 is 1.48. The molecule has 0 N–H and O–H groups in total. The lowest BCUT2D eigenvalue weighted by atomic mass is 10.6. The summed E-state index contributed by atoms with van der Waals surface area (Å²) in [6.07, 6.45) is 0. The van der Waals surface area contributed by atoms with Crippen molar-refractivity contribution in [2.75, 3.05) is 0 Å². The zero-order valence-corrected chi connectivity index (χ0v) is 5.85. The third-order valence-corrected chi connectivity index (χ3v) is 0.697. The zero-order valence-electron chi connectivity index (χ0n) is 3.69. The minimum Gasteiger partial charge on any atom is -0.385 e. The normalized spacial score (nSPS) is 6.00. The fourth-order valence-corrected chi connectivity index (χ4v) is 0.231. The smallest absolute Gasteiger partial charge is 0.385 e. The van der Waals surface area contributed by atoms with Crippen LogP contribution in [-0.4, -0.2) is 5.97 Å². The number of carbonyl (C=O) groups excluding carboxylic acids is 1. The van der Waals surface area contributed by atoms with Gasteiger partial charge in [-0.3, -0.25) is 0 Å². The molecule has 0 amide bonds. The van der Waals surface area contributed by atoms with Gasteiger partial charge in [-0.25, -0.2) is 4.79 Å². The standard InChI is InChI=1S/C4H3IO2/c1-2-3-4(6)7-5/h1H3. The van der Waals surface area contributed by atoms with E-state index >= 15 is 0 Å². The van der Waals surface area contributed by atoms with Gasteiger partial charge < -0.3 is 3.07 Å². The van der Waals surface area contributed by atoms with Crippen LogP contribution in [0, 0.1) is 11.8 Å². The highest BCUT2D eigenvalue weighted by Crippen LogP contribution is 1.83. The van der Waals surface area contributed by atoms with E-state index in [-0.39, 0.29) is 0 Å². The minimum atomic E-state index is -0.497. The maximum Gasteiger partial charge on any atom is 0.393 e. The maximum absolute atomic E-state index is 10.0. The van der Waals surface area contributed by atoms with Crippen molar-refractivity contribution in [1.82, 2.24) is 0 Å². The van der Waals surface area contributed by atoms with Crippen LogP contribution in [0.15, 0.2) is 0 Å². The summed E-state index contributed by atoms with van der Waals surface area (Å²) in [6, 6.07) is 0. The molecule has 0 saturated carbocycles. The van der Waals surface area contributed by atoms with E-state index < -0.39 is 5.97 Å². The van der Waals surface area contributed by atoms with Gasteiger partial charge in [-0.1, -0.05) is 5.92 Å². The molecule has 0 aromatic carbocycles. The van der Waals surface area contributed by atoms with Crippen molar-refractivity contribution in [3.05, 3.63) is 0 Å². The third kappa shape index (κ3) is 3.59. The number of carbonyl (C=O) groups is 1. The molecule has 7 heavy (non-hydrogen) atoms. The number of hydrogen-bond acceptors (Lipinski definition) is 2. The molecule has 2 nitrogen and oxygen atoms in total. The fraction of sp³-hybridized carbons (Fsp3) is 0.250. The average Bonchev–Trinajstić information content (AvgIpc) is 1.68. The van der Waals surface area contributed by atoms with E-state index in [1.165, 1.54) is 23.0 Å². The lowest BCUT2D eigenvalue weighted by Crippen LogP contribution is -1.87. The predicted octanol–water partition coefficient (Wildman–Crippen LogP) is 0.903. The summed E-state index contributed by atoms with van der Waals surface area (Å²) in [6.45, 7) is 1.58. The second kappa shape index (κ2) is 3.93. The number of halogens is 1. The SMILES string of the molecule is CC#CC(=O)OI. The second-order valence-electron chi connectivity index (χ2n) is 0.740. The highest BCUT2D eigenvalue weighted by molar-refractivity contribution is 14.1. The fourth-order valence-electron chi connectivity index (χ4n) is 0.121. The summed E-state index contributed by atoms with van der Waals surface area (Å²) in [7, 11) is 0. The molecular weight excluding hydrogens is 207 g/mol. The minimum absolute atomic E-state index is 0.497. The van der Waals surface area contributed by atoms with E-state index in [1.54, 1.807) is 6.92 Å². The van der Waals surface area contributed by atoms with E-state index in [9.17, 15) is 4.79 Å². The Balaban J connectivity index is 3.52. The van der Waals surface area contributed by atoms with Gasteiger partial charge in [-0.15, -0.1) is 0 Å². The summed E-state index contributed by atoms with van der Waals surface area (Å²) < 4.78 is 4.15. The van der Waals surface area contributed by atoms with E-state index in [4.69, 9.17) is 0 Å². The molecule has 0 spiro atoms. The molecule has 0 radical (unpaired) electrons. The first-order chi connectivity index (χ1) is 3.31. The molecule has 0 heterocycles. The summed E-state index contributed by atoms with van der Waals surface area (Å²) in [4.78, 5) is 10.0. The maximum atomic E-state index is 10.0. The lowest BCUT2D eigenvalue weighted by Gasteiger charge is -1.76.